The quantitative estimate of drug-likeness (QED) is 0.637. The van der Waals surface area contributed by atoms with E-state index in [1.54, 1.807) is 0 Å². The van der Waals surface area contributed by atoms with Gasteiger partial charge in [-0.15, -0.1) is 0 Å². The lowest BCUT2D eigenvalue weighted by Crippen LogP contribution is -2.52. The second-order valence-corrected chi connectivity index (χ2v) is 5.65. The number of nitrogens with one attached hydrogen (secondary N) is 1. The maximum absolute atomic E-state index is 11.8. The molecule has 0 aromatic heterocycles. The van der Waals surface area contributed by atoms with Crippen molar-refractivity contribution in [1.29, 1.82) is 0 Å². The molecule has 0 radical (unpaired) electrons. The number of piperidine rings is 1. The molecular weight excluding hydrogens is 260 g/mol. The third-order valence-corrected chi connectivity index (χ3v) is 4.47. The van der Waals surface area contributed by atoms with Crippen molar-refractivity contribution >= 4 is 17.8 Å². The van der Waals surface area contributed by atoms with Crippen LogP contribution in [0.25, 0.3) is 0 Å². The SMILES string of the molecule is CCNC(CC)(CCCN1C(=O)C2CC2C1=O)C(=O)O. The summed E-state index contributed by atoms with van der Waals surface area (Å²) in [5.41, 5.74) is -0.955. The molecule has 1 aliphatic carbocycles. The minimum atomic E-state index is -0.955. The van der Waals surface area contributed by atoms with E-state index in [0.29, 0.717) is 38.8 Å². The van der Waals surface area contributed by atoms with Crippen molar-refractivity contribution < 1.29 is 19.5 Å². The average Bonchev–Trinajstić information content (AvgIpc) is 3.16. The van der Waals surface area contributed by atoms with Crippen molar-refractivity contribution in [2.45, 2.75) is 45.1 Å². The molecule has 0 aromatic rings. The van der Waals surface area contributed by atoms with E-state index in [4.69, 9.17) is 0 Å². The molecule has 1 heterocycles. The number of aliphatic carboxylic acids is 1. The summed E-state index contributed by atoms with van der Waals surface area (Å²) in [5.74, 6) is -1.16. The minimum Gasteiger partial charge on any atom is -0.480 e. The smallest absolute Gasteiger partial charge is 0.323 e. The van der Waals surface area contributed by atoms with Crippen molar-refractivity contribution in [2.24, 2.45) is 11.8 Å². The van der Waals surface area contributed by atoms with Gasteiger partial charge in [0.1, 0.15) is 5.54 Å². The summed E-state index contributed by atoms with van der Waals surface area (Å²) in [5, 5.41) is 12.4. The lowest BCUT2D eigenvalue weighted by molar-refractivity contribution is -0.145. The molecule has 1 saturated carbocycles. The number of hydrogen-bond donors (Lipinski definition) is 2. The maximum atomic E-state index is 11.8. The first-order valence-electron chi connectivity index (χ1n) is 7.30. The zero-order valence-electron chi connectivity index (χ0n) is 12.0. The van der Waals surface area contributed by atoms with Crippen molar-refractivity contribution in [3.8, 4) is 0 Å². The highest BCUT2D eigenvalue weighted by atomic mass is 16.4. The van der Waals surface area contributed by atoms with Crippen LogP contribution in [0.4, 0.5) is 0 Å². The lowest BCUT2D eigenvalue weighted by Gasteiger charge is -2.29. The fourth-order valence-electron chi connectivity index (χ4n) is 3.07. The van der Waals surface area contributed by atoms with Gasteiger partial charge in [0.05, 0.1) is 11.8 Å². The Balaban J connectivity index is 1.89. The molecule has 6 heteroatoms. The molecule has 3 unspecified atom stereocenters. The standard InChI is InChI=1S/C14H22N2O4/c1-3-14(13(19)20,15-4-2)6-5-7-16-11(17)9-8-10(9)12(16)18/h9-10,15H,3-8H2,1-2H3,(H,19,20). The van der Waals surface area contributed by atoms with Crippen LogP contribution in [0.2, 0.25) is 0 Å². The van der Waals surface area contributed by atoms with Crippen LogP contribution in [0, 0.1) is 11.8 Å². The van der Waals surface area contributed by atoms with Crippen LogP contribution in [0.3, 0.4) is 0 Å². The number of carboxylic acid groups (broad SMARTS) is 1. The number of carbonyl (C=O) groups is 3. The molecule has 2 amide bonds. The van der Waals surface area contributed by atoms with Gasteiger partial charge in [0.25, 0.3) is 0 Å². The molecule has 0 spiro atoms. The Morgan fingerprint density at radius 2 is 1.95 bits per heavy atom. The van der Waals surface area contributed by atoms with Crippen LogP contribution < -0.4 is 5.32 Å². The Labute approximate surface area is 118 Å². The Kier molecular flexibility index (Phi) is 4.13. The number of rotatable bonds is 8. The fraction of sp³-hybridized carbons (Fsp3) is 0.786. The Bertz CT molecular complexity index is 417. The van der Waals surface area contributed by atoms with Crippen molar-refractivity contribution in [2.75, 3.05) is 13.1 Å². The van der Waals surface area contributed by atoms with Crippen LogP contribution in [0.5, 0.6) is 0 Å². The van der Waals surface area contributed by atoms with Crippen LogP contribution in [0.15, 0.2) is 0 Å². The Hall–Kier alpha value is -1.43. The third kappa shape index (κ3) is 2.44. The highest BCUT2D eigenvalue weighted by molar-refractivity contribution is 6.08. The number of amides is 2. The molecule has 0 bridgehead atoms. The molecule has 2 N–H and O–H groups in total. The van der Waals surface area contributed by atoms with Crippen LogP contribution in [0.1, 0.15) is 39.5 Å². The van der Waals surface area contributed by atoms with Crippen LogP contribution >= 0.6 is 0 Å². The number of carbonyl (C=O) groups excluding carboxylic acids is 2. The number of hydrogen-bond acceptors (Lipinski definition) is 4. The predicted molar refractivity (Wildman–Crippen MR) is 71.9 cm³/mol. The maximum Gasteiger partial charge on any atom is 0.323 e. The van der Waals surface area contributed by atoms with Crippen LogP contribution in [-0.4, -0.2) is 46.4 Å². The largest absolute Gasteiger partial charge is 0.480 e. The summed E-state index contributed by atoms with van der Waals surface area (Å²) in [4.78, 5) is 36.4. The van der Waals surface area contributed by atoms with Crippen LogP contribution in [-0.2, 0) is 14.4 Å². The molecule has 6 nitrogen and oxygen atoms in total. The fourth-order valence-corrected chi connectivity index (χ4v) is 3.07. The predicted octanol–water partition coefficient (Wildman–Crippen LogP) is 0.614. The summed E-state index contributed by atoms with van der Waals surface area (Å²) in [6, 6.07) is 0. The number of carboxylic acids is 1. The first-order chi connectivity index (χ1) is 9.46. The molecule has 3 atom stereocenters. The molecule has 112 valence electrons. The van der Waals surface area contributed by atoms with Gasteiger partial charge >= 0.3 is 5.97 Å². The average molecular weight is 282 g/mol. The normalized spacial score (nSPS) is 27.4. The van der Waals surface area contributed by atoms with E-state index in [2.05, 4.69) is 5.32 Å². The van der Waals surface area contributed by atoms with Crippen molar-refractivity contribution in [3.05, 3.63) is 0 Å². The molecule has 2 fully saturated rings. The summed E-state index contributed by atoms with van der Waals surface area (Å²) >= 11 is 0. The molecule has 1 saturated heterocycles. The summed E-state index contributed by atoms with van der Waals surface area (Å²) in [6.45, 7) is 4.61. The zero-order valence-corrected chi connectivity index (χ0v) is 12.0. The van der Waals surface area contributed by atoms with E-state index >= 15 is 0 Å². The molecule has 1 aliphatic heterocycles. The van der Waals surface area contributed by atoms with Gasteiger partial charge in [0, 0.05) is 6.54 Å². The van der Waals surface area contributed by atoms with E-state index in [0.717, 1.165) is 0 Å². The van der Waals surface area contributed by atoms with E-state index in [9.17, 15) is 19.5 Å². The monoisotopic (exact) mass is 282 g/mol. The molecule has 20 heavy (non-hydrogen) atoms. The number of likely N-dealkylation sites (N-methyl/N-ethyl adjacent to an activating group) is 1. The zero-order chi connectivity index (χ0) is 14.9. The molecule has 0 aromatic carbocycles. The Morgan fingerprint density at radius 1 is 1.35 bits per heavy atom. The van der Waals surface area contributed by atoms with Gasteiger partial charge in [0.15, 0.2) is 0 Å². The van der Waals surface area contributed by atoms with Gasteiger partial charge in [-0.05, 0) is 32.2 Å². The minimum absolute atomic E-state index is 0.0686. The summed E-state index contributed by atoms with van der Waals surface area (Å²) in [7, 11) is 0. The first-order valence-corrected chi connectivity index (χ1v) is 7.30. The summed E-state index contributed by atoms with van der Waals surface area (Å²) < 4.78 is 0. The van der Waals surface area contributed by atoms with Crippen molar-refractivity contribution in [1.82, 2.24) is 10.2 Å². The van der Waals surface area contributed by atoms with E-state index in [1.165, 1.54) is 4.90 Å². The van der Waals surface area contributed by atoms with E-state index < -0.39 is 11.5 Å². The number of imide groups is 1. The molecule has 2 rings (SSSR count). The number of likely N-dealkylation sites (tertiary alicyclic amines) is 1. The second kappa shape index (κ2) is 5.52. The van der Waals surface area contributed by atoms with Crippen molar-refractivity contribution in [3.63, 3.8) is 0 Å². The lowest BCUT2D eigenvalue weighted by atomic mass is 9.90. The summed E-state index contributed by atoms with van der Waals surface area (Å²) in [6.07, 6.45) is 2.12. The molecule has 2 aliphatic rings. The van der Waals surface area contributed by atoms with E-state index in [-0.39, 0.29) is 23.7 Å². The highest BCUT2D eigenvalue weighted by Gasteiger charge is 2.58. The number of nitrogens with zero attached hydrogens (tertiary/aromatic N) is 1. The van der Waals surface area contributed by atoms with Gasteiger partial charge in [-0.3, -0.25) is 19.3 Å². The van der Waals surface area contributed by atoms with Gasteiger partial charge in [-0.2, -0.15) is 0 Å². The van der Waals surface area contributed by atoms with Gasteiger partial charge < -0.3 is 10.4 Å². The first kappa shape index (κ1) is 15.0. The van der Waals surface area contributed by atoms with Gasteiger partial charge in [0.2, 0.25) is 11.8 Å². The van der Waals surface area contributed by atoms with E-state index in [1.807, 2.05) is 13.8 Å². The number of fused-ring (bicyclic) bond motifs is 1. The third-order valence-electron chi connectivity index (χ3n) is 4.47. The van der Waals surface area contributed by atoms with Gasteiger partial charge in [-0.1, -0.05) is 13.8 Å². The topological polar surface area (TPSA) is 86.7 Å². The van der Waals surface area contributed by atoms with Gasteiger partial charge in [-0.25, -0.2) is 0 Å². The second-order valence-electron chi connectivity index (χ2n) is 5.65. The molecular formula is C14H22N2O4. The Morgan fingerprint density at radius 3 is 2.40 bits per heavy atom. The highest BCUT2D eigenvalue weighted by Crippen LogP contribution is 2.47.